The highest BCUT2D eigenvalue weighted by Gasteiger charge is 2.17. The first-order chi connectivity index (χ1) is 12.5. The molecule has 0 heterocycles. The van der Waals surface area contributed by atoms with Crippen molar-refractivity contribution in [3.05, 3.63) is 23.8 Å². The molecule has 0 aliphatic rings. The number of methoxy groups -OCH3 is 1. The van der Waals surface area contributed by atoms with E-state index in [0.29, 0.717) is 6.42 Å². The third kappa shape index (κ3) is 7.42. The van der Waals surface area contributed by atoms with Crippen LogP contribution in [0, 0.1) is 0 Å². The predicted molar refractivity (Wildman–Crippen MR) is 94.5 cm³/mol. The molecule has 0 aliphatic carbocycles. The maximum atomic E-state index is 11.8. The van der Waals surface area contributed by atoms with Gasteiger partial charge < -0.3 is 18.9 Å². The minimum atomic E-state index is -0.928. The summed E-state index contributed by atoms with van der Waals surface area (Å²) in [5.41, 5.74) is 0.334. The molecule has 0 saturated heterocycles. The lowest BCUT2D eigenvalue weighted by atomic mass is 10.2. The molecule has 0 spiro atoms. The van der Waals surface area contributed by atoms with E-state index in [0.717, 1.165) is 19.3 Å². The van der Waals surface area contributed by atoms with E-state index in [1.807, 2.05) is 13.8 Å². The van der Waals surface area contributed by atoms with Gasteiger partial charge in [0, 0.05) is 0 Å². The highest BCUT2D eigenvalue weighted by atomic mass is 16.7. The molecule has 0 aromatic heterocycles. The lowest BCUT2D eigenvalue weighted by molar-refractivity contribution is 0.0599. The first kappa shape index (κ1) is 21.3. The number of carbonyl (C=O) groups excluding carboxylic acids is 3. The van der Waals surface area contributed by atoms with Crippen LogP contribution < -0.4 is 10.1 Å². The second kappa shape index (κ2) is 11.7. The van der Waals surface area contributed by atoms with E-state index in [1.54, 1.807) is 0 Å². The van der Waals surface area contributed by atoms with Gasteiger partial charge in [0.1, 0.15) is 0 Å². The largest absolute Gasteiger partial charge is 0.513 e. The summed E-state index contributed by atoms with van der Waals surface area (Å²) >= 11 is 0. The Bertz CT molecular complexity index is 616. The second-order valence-electron chi connectivity index (χ2n) is 5.37. The zero-order valence-electron chi connectivity index (χ0n) is 15.3. The van der Waals surface area contributed by atoms with Crippen LogP contribution in [0.15, 0.2) is 18.2 Å². The van der Waals surface area contributed by atoms with Gasteiger partial charge in [0.25, 0.3) is 0 Å². The van der Waals surface area contributed by atoms with Crippen molar-refractivity contribution < 1.29 is 33.3 Å². The van der Waals surface area contributed by atoms with E-state index in [1.165, 1.54) is 25.3 Å². The number of amides is 1. The molecular weight excluding hydrogens is 342 g/mol. The van der Waals surface area contributed by atoms with Crippen LogP contribution in [0.25, 0.3) is 0 Å². The summed E-state index contributed by atoms with van der Waals surface area (Å²) in [7, 11) is 1.24. The average Bonchev–Trinajstić information content (AvgIpc) is 2.63. The van der Waals surface area contributed by atoms with Crippen LogP contribution in [0.4, 0.5) is 15.3 Å². The van der Waals surface area contributed by atoms with Gasteiger partial charge in [-0.1, -0.05) is 26.7 Å². The maximum Gasteiger partial charge on any atom is 0.513 e. The first-order valence-corrected chi connectivity index (χ1v) is 8.52. The number of ether oxygens (including phenoxy) is 4. The van der Waals surface area contributed by atoms with Crippen molar-refractivity contribution in [1.29, 1.82) is 0 Å². The Balaban J connectivity index is 2.88. The van der Waals surface area contributed by atoms with Crippen molar-refractivity contribution in [2.75, 3.05) is 25.6 Å². The van der Waals surface area contributed by atoms with Gasteiger partial charge in [0.05, 0.1) is 31.6 Å². The molecule has 1 rings (SSSR count). The van der Waals surface area contributed by atoms with Gasteiger partial charge >= 0.3 is 18.2 Å². The maximum absolute atomic E-state index is 11.8. The molecule has 1 amide bonds. The molecule has 8 nitrogen and oxygen atoms in total. The number of nitrogens with one attached hydrogen (secondary N) is 1. The molecule has 1 aromatic rings. The Morgan fingerprint density at radius 1 is 1.00 bits per heavy atom. The third-order valence-electron chi connectivity index (χ3n) is 3.28. The van der Waals surface area contributed by atoms with Gasteiger partial charge in [0.15, 0.2) is 5.75 Å². The molecule has 0 saturated carbocycles. The van der Waals surface area contributed by atoms with E-state index in [-0.39, 0.29) is 30.2 Å². The minimum Gasteiger partial charge on any atom is -0.465 e. The van der Waals surface area contributed by atoms with Gasteiger partial charge in [-0.05, 0) is 31.0 Å². The number of hydrogen-bond donors (Lipinski definition) is 1. The molecule has 0 bridgehead atoms. The van der Waals surface area contributed by atoms with Crippen molar-refractivity contribution in [1.82, 2.24) is 0 Å². The highest BCUT2D eigenvalue weighted by molar-refractivity contribution is 5.93. The monoisotopic (exact) mass is 367 g/mol. The Kier molecular flexibility index (Phi) is 9.59. The predicted octanol–water partition coefficient (Wildman–Crippen LogP) is 4.14. The molecule has 144 valence electrons. The molecule has 8 heteroatoms. The van der Waals surface area contributed by atoms with Crippen molar-refractivity contribution in [3.8, 4) is 5.75 Å². The molecule has 0 aliphatic heterocycles. The summed E-state index contributed by atoms with van der Waals surface area (Å²) in [5, 5.41) is 2.48. The van der Waals surface area contributed by atoms with Crippen LogP contribution in [0.5, 0.6) is 5.75 Å². The normalized spacial score (nSPS) is 9.96. The van der Waals surface area contributed by atoms with Crippen molar-refractivity contribution >= 4 is 23.9 Å². The van der Waals surface area contributed by atoms with Gasteiger partial charge in [-0.2, -0.15) is 0 Å². The Labute approximate surface area is 152 Å². The summed E-state index contributed by atoms with van der Waals surface area (Å²) in [6.07, 6.45) is 1.57. The minimum absolute atomic E-state index is 0.0400. The summed E-state index contributed by atoms with van der Waals surface area (Å²) in [6, 6.07) is 4.14. The molecule has 1 aromatic carbocycles. The van der Waals surface area contributed by atoms with Gasteiger partial charge in [-0.15, -0.1) is 0 Å². The Morgan fingerprint density at radius 3 is 2.27 bits per heavy atom. The molecule has 0 radical (unpaired) electrons. The van der Waals surface area contributed by atoms with Crippen LogP contribution in [0.3, 0.4) is 0 Å². The zero-order chi connectivity index (χ0) is 19.4. The number of benzene rings is 1. The van der Waals surface area contributed by atoms with E-state index in [4.69, 9.17) is 14.2 Å². The fourth-order valence-corrected chi connectivity index (χ4v) is 1.83. The fraction of sp³-hybridized carbons (Fsp3) is 0.500. The van der Waals surface area contributed by atoms with E-state index in [2.05, 4.69) is 10.1 Å². The number of carbonyl (C=O) groups is 3. The van der Waals surface area contributed by atoms with Crippen LogP contribution in [-0.4, -0.2) is 38.5 Å². The highest BCUT2D eigenvalue weighted by Crippen LogP contribution is 2.27. The van der Waals surface area contributed by atoms with E-state index >= 15 is 0 Å². The molecule has 0 fully saturated rings. The SMILES string of the molecule is CCCCOC(=O)Nc1ccc(C(=O)OC)cc1OC(=O)OCCCC. The van der Waals surface area contributed by atoms with Crippen molar-refractivity contribution in [2.45, 2.75) is 39.5 Å². The topological polar surface area (TPSA) is 100 Å². The van der Waals surface area contributed by atoms with Crippen LogP contribution >= 0.6 is 0 Å². The van der Waals surface area contributed by atoms with Crippen molar-refractivity contribution in [3.63, 3.8) is 0 Å². The van der Waals surface area contributed by atoms with Gasteiger partial charge in [-0.25, -0.2) is 14.4 Å². The zero-order valence-corrected chi connectivity index (χ0v) is 15.3. The molecule has 0 unspecified atom stereocenters. The third-order valence-corrected chi connectivity index (χ3v) is 3.28. The quantitative estimate of drug-likeness (QED) is 0.303. The van der Waals surface area contributed by atoms with E-state index < -0.39 is 18.2 Å². The number of esters is 1. The van der Waals surface area contributed by atoms with E-state index in [9.17, 15) is 14.4 Å². The van der Waals surface area contributed by atoms with Crippen LogP contribution in [0.1, 0.15) is 49.9 Å². The first-order valence-electron chi connectivity index (χ1n) is 8.52. The van der Waals surface area contributed by atoms with Crippen molar-refractivity contribution in [2.24, 2.45) is 0 Å². The molecule has 26 heavy (non-hydrogen) atoms. The number of anilines is 1. The van der Waals surface area contributed by atoms with Gasteiger partial charge in [0.2, 0.25) is 0 Å². The number of unbranched alkanes of at least 4 members (excludes halogenated alkanes) is 2. The smallest absolute Gasteiger partial charge is 0.465 e. The lowest BCUT2D eigenvalue weighted by Gasteiger charge is -2.13. The Hall–Kier alpha value is -2.77. The summed E-state index contributed by atoms with van der Waals surface area (Å²) in [4.78, 5) is 35.3. The summed E-state index contributed by atoms with van der Waals surface area (Å²) < 4.78 is 19.7. The fourth-order valence-electron chi connectivity index (χ4n) is 1.83. The standard InChI is InChI=1S/C18H25NO7/c1-4-6-10-24-17(21)19-14-9-8-13(16(20)23-3)12-15(14)26-18(22)25-11-7-5-2/h8-9,12H,4-7,10-11H2,1-3H3,(H,19,21). The average molecular weight is 367 g/mol. The van der Waals surface area contributed by atoms with Crippen LogP contribution in [-0.2, 0) is 14.2 Å². The number of rotatable bonds is 9. The lowest BCUT2D eigenvalue weighted by Crippen LogP contribution is -2.17. The number of hydrogen-bond acceptors (Lipinski definition) is 7. The molecule has 1 N–H and O–H groups in total. The summed E-state index contributed by atoms with van der Waals surface area (Å²) in [6.45, 7) is 4.43. The van der Waals surface area contributed by atoms with Gasteiger partial charge in [-0.3, -0.25) is 5.32 Å². The second-order valence-corrected chi connectivity index (χ2v) is 5.37. The molecular formula is C18H25NO7. The van der Waals surface area contributed by atoms with Crippen LogP contribution in [0.2, 0.25) is 0 Å². The molecule has 0 atom stereocenters. The summed E-state index contributed by atoms with van der Waals surface area (Å²) in [5.74, 6) is -0.645. The Morgan fingerprint density at radius 2 is 1.65 bits per heavy atom.